The zero-order valence-corrected chi connectivity index (χ0v) is 10.7. The van der Waals surface area contributed by atoms with Gasteiger partial charge in [-0.15, -0.1) is 21.5 Å². The van der Waals surface area contributed by atoms with Crippen LogP contribution in [-0.2, 0) is 6.54 Å². The van der Waals surface area contributed by atoms with E-state index in [1.807, 2.05) is 11.3 Å². The molecule has 0 aliphatic rings. The number of benzene rings is 1. The van der Waals surface area contributed by atoms with Gasteiger partial charge in [0.25, 0.3) is 0 Å². The maximum Gasteiger partial charge on any atom is 0.188 e. The SMILES string of the molecule is CC(NCc1nn[nH]n1)c1cc2ccccc2s1. The fraction of sp³-hybridized carbons (Fsp3) is 0.250. The molecule has 0 bridgehead atoms. The summed E-state index contributed by atoms with van der Waals surface area (Å²) in [6.07, 6.45) is 0. The number of nitrogens with zero attached hydrogens (tertiary/aromatic N) is 3. The van der Waals surface area contributed by atoms with Crippen molar-refractivity contribution in [3.05, 3.63) is 41.0 Å². The van der Waals surface area contributed by atoms with Gasteiger partial charge in [0.05, 0.1) is 6.54 Å². The van der Waals surface area contributed by atoms with E-state index in [1.54, 1.807) is 0 Å². The van der Waals surface area contributed by atoms with Crippen molar-refractivity contribution in [3.63, 3.8) is 0 Å². The molecule has 0 saturated heterocycles. The molecular weight excluding hydrogens is 246 g/mol. The number of hydrogen-bond donors (Lipinski definition) is 2. The lowest BCUT2D eigenvalue weighted by atomic mass is 10.2. The normalized spacial score (nSPS) is 12.9. The zero-order chi connectivity index (χ0) is 12.4. The van der Waals surface area contributed by atoms with Crippen LogP contribution in [0.5, 0.6) is 0 Å². The van der Waals surface area contributed by atoms with Crippen LogP contribution in [0.2, 0.25) is 0 Å². The molecule has 92 valence electrons. The van der Waals surface area contributed by atoms with Gasteiger partial charge in [0.1, 0.15) is 0 Å². The number of aromatic amines is 1. The monoisotopic (exact) mass is 259 g/mol. The molecule has 5 nitrogen and oxygen atoms in total. The van der Waals surface area contributed by atoms with Crippen molar-refractivity contribution in [2.75, 3.05) is 0 Å². The first kappa shape index (κ1) is 11.3. The Labute approximate surface area is 108 Å². The van der Waals surface area contributed by atoms with Gasteiger partial charge in [0.2, 0.25) is 0 Å². The lowest BCUT2D eigenvalue weighted by molar-refractivity contribution is 0.567. The summed E-state index contributed by atoms with van der Waals surface area (Å²) < 4.78 is 1.32. The number of H-pyrrole nitrogens is 1. The Kier molecular flexibility index (Phi) is 3.04. The minimum atomic E-state index is 0.279. The number of fused-ring (bicyclic) bond motifs is 1. The van der Waals surface area contributed by atoms with Crippen LogP contribution < -0.4 is 5.32 Å². The second kappa shape index (κ2) is 4.83. The summed E-state index contributed by atoms with van der Waals surface area (Å²) in [5, 5.41) is 18.5. The Morgan fingerprint density at radius 1 is 1.39 bits per heavy atom. The molecule has 3 rings (SSSR count). The second-order valence-corrected chi connectivity index (χ2v) is 5.23. The van der Waals surface area contributed by atoms with E-state index in [4.69, 9.17) is 0 Å². The molecule has 0 aliphatic heterocycles. The van der Waals surface area contributed by atoms with Crippen LogP contribution >= 0.6 is 11.3 Å². The van der Waals surface area contributed by atoms with E-state index in [-0.39, 0.29) is 6.04 Å². The molecule has 1 unspecified atom stereocenters. The summed E-state index contributed by atoms with van der Waals surface area (Å²) in [5.41, 5.74) is 0. The fourth-order valence-corrected chi connectivity index (χ4v) is 2.91. The van der Waals surface area contributed by atoms with Crippen molar-refractivity contribution in [1.82, 2.24) is 25.9 Å². The van der Waals surface area contributed by atoms with E-state index >= 15 is 0 Å². The molecule has 2 aromatic heterocycles. The van der Waals surface area contributed by atoms with Gasteiger partial charge in [-0.3, -0.25) is 0 Å². The highest BCUT2D eigenvalue weighted by atomic mass is 32.1. The molecule has 3 aromatic rings. The molecule has 0 fully saturated rings. The van der Waals surface area contributed by atoms with Gasteiger partial charge in [0, 0.05) is 15.6 Å². The molecule has 0 saturated carbocycles. The lowest BCUT2D eigenvalue weighted by Crippen LogP contribution is -2.17. The third kappa shape index (κ3) is 2.25. The molecule has 6 heteroatoms. The van der Waals surface area contributed by atoms with E-state index in [1.165, 1.54) is 15.0 Å². The topological polar surface area (TPSA) is 66.5 Å². The number of thiophene rings is 1. The molecule has 1 atom stereocenters. The molecule has 18 heavy (non-hydrogen) atoms. The molecule has 0 spiro atoms. The van der Waals surface area contributed by atoms with E-state index in [2.05, 4.69) is 63.2 Å². The summed E-state index contributed by atoms with van der Waals surface area (Å²) in [6, 6.07) is 10.9. The molecule has 0 radical (unpaired) electrons. The average Bonchev–Trinajstić information content (AvgIpc) is 3.04. The summed E-state index contributed by atoms with van der Waals surface area (Å²) in [7, 11) is 0. The van der Waals surface area contributed by atoms with Crippen molar-refractivity contribution in [2.24, 2.45) is 0 Å². The quantitative estimate of drug-likeness (QED) is 0.754. The van der Waals surface area contributed by atoms with Crippen molar-refractivity contribution in [3.8, 4) is 0 Å². The van der Waals surface area contributed by atoms with E-state index < -0.39 is 0 Å². The van der Waals surface area contributed by atoms with Crippen LogP contribution in [0.3, 0.4) is 0 Å². The van der Waals surface area contributed by atoms with E-state index in [0.29, 0.717) is 12.4 Å². The van der Waals surface area contributed by atoms with Gasteiger partial charge in [-0.2, -0.15) is 5.21 Å². The van der Waals surface area contributed by atoms with Crippen LogP contribution in [0.25, 0.3) is 10.1 Å². The van der Waals surface area contributed by atoms with Gasteiger partial charge < -0.3 is 5.32 Å². The lowest BCUT2D eigenvalue weighted by Gasteiger charge is -2.09. The van der Waals surface area contributed by atoms with Gasteiger partial charge in [0.15, 0.2) is 5.82 Å². The average molecular weight is 259 g/mol. The largest absolute Gasteiger partial charge is 0.302 e. The van der Waals surface area contributed by atoms with Gasteiger partial charge in [-0.1, -0.05) is 23.4 Å². The summed E-state index contributed by atoms with van der Waals surface area (Å²) in [6.45, 7) is 2.76. The Bertz CT molecular complexity index is 598. The zero-order valence-electron chi connectivity index (χ0n) is 9.92. The maximum atomic E-state index is 3.92. The fourth-order valence-electron chi connectivity index (χ4n) is 1.82. The summed E-state index contributed by atoms with van der Waals surface area (Å²) in [5.74, 6) is 0.683. The number of aromatic nitrogens is 4. The standard InChI is InChI=1S/C12H13N5S/c1-8(13-7-12-14-16-17-15-12)11-6-9-4-2-3-5-10(9)18-11/h2-6,8,13H,7H2,1H3,(H,14,15,16,17). The predicted molar refractivity (Wildman–Crippen MR) is 71.3 cm³/mol. The third-order valence-corrected chi connectivity index (χ3v) is 4.13. The number of tetrazole rings is 1. The van der Waals surface area contributed by atoms with Crippen molar-refractivity contribution < 1.29 is 0 Å². The van der Waals surface area contributed by atoms with Crippen LogP contribution in [0.4, 0.5) is 0 Å². The second-order valence-electron chi connectivity index (χ2n) is 4.12. The van der Waals surface area contributed by atoms with Crippen molar-refractivity contribution in [1.29, 1.82) is 0 Å². The van der Waals surface area contributed by atoms with Crippen LogP contribution in [-0.4, -0.2) is 20.6 Å². The molecule has 2 N–H and O–H groups in total. The highest BCUT2D eigenvalue weighted by molar-refractivity contribution is 7.19. The highest BCUT2D eigenvalue weighted by Crippen LogP contribution is 2.29. The van der Waals surface area contributed by atoms with Gasteiger partial charge in [-0.05, 0) is 24.4 Å². The van der Waals surface area contributed by atoms with Gasteiger partial charge >= 0.3 is 0 Å². The van der Waals surface area contributed by atoms with Crippen LogP contribution in [0.15, 0.2) is 30.3 Å². The maximum absolute atomic E-state index is 3.92. The first-order valence-electron chi connectivity index (χ1n) is 5.77. The molecular formula is C12H13N5S. The Morgan fingerprint density at radius 2 is 2.28 bits per heavy atom. The number of hydrogen-bond acceptors (Lipinski definition) is 5. The van der Waals surface area contributed by atoms with E-state index in [9.17, 15) is 0 Å². The Morgan fingerprint density at radius 3 is 3.06 bits per heavy atom. The molecule has 0 aliphatic carbocycles. The Hall–Kier alpha value is -1.79. The summed E-state index contributed by atoms with van der Waals surface area (Å²) >= 11 is 1.82. The number of rotatable bonds is 4. The molecule has 1 aromatic carbocycles. The Balaban J connectivity index is 1.73. The molecule has 2 heterocycles. The summed E-state index contributed by atoms with van der Waals surface area (Å²) in [4.78, 5) is 1.32. The first-order valence-corrected chi connectivity index (χ1v) is 6.59. The van der Waals surface area contributed by atoms with Crippen LogP contribution in [0.1, 0.15) is 23.7 Å². The number of nitrogens with one attached hydrogen (secondary N) is 2. The van der Waals surface area contributed by atoms with Crippen LogP contribution in [0, 0.1) is 0 Å². The smallest absolute Gasteiger partial charge is 0.188 e. The minimum absolute atomic E-state index is 0.279. The van der Waals surface area contributed by atoms with Gasteiger partial charge in [-0.25, -0.2) is 0 Å². The minimum Gasteiger partial charge on any atom is -0.302 e. The first-order chi connectivity index (χ1) is 8.83. The third-order valence-electron chi connectivity index (χ3n) is 2.83. The predicted octanol–water partition coefficient (Wildman–Crippen LogP) is 2.27. The van der Waals surface area contributed by atoms with E-state index in [0.717, 1.165) is 0 Å². The highest BCUT2D eigenvalue weighted by Gasteiger charge is 2.09. The van der Waals surface area contributed by atoms with Crippen molar-refractivity contribution in [2.45, 2.75) is 19.5 Å². The molecule has 0 amide bonds. The van der Waals surface area contributed by atoms with Crippen molar-refractivity contribution >= 4 is 21.4 Å².